The quantitative estimate of drug-likeness (QED) is 0.437. The predicted octanol–water partition coefficient (Wildman–Crippen LogP) is 2.03. The number of carbonyl (C=O) groups excluding carboxylic acids is 1. The molecule has 0 spiro atoms. The van der Waals surface area contributed by atoms with Crippen LogP contribution in [0.3, 0.4) is 0 Å². The van der Waals surface area contributed by atoms with Gasteiger partial charge in [-0.05, 0) is 56.3 Å². The third kappa shape index (κ3) is 4.43. The average molecular weight is 471 g/mol. The zero-order valence-corrected chi connectivity index (χ0v) is 19.0. The Kier molecular flexibility index (Phi) is 5.64. The fourth-order valence-electron chi connectivity index (χ4n) is 3.56. The van der Waals surface area contributed by atoms with E-state index in [0.717, 1.165) is 0 Å². The van der Waals surface area contributed by atoms with Crippen LogP contribution in [0.5, 0.6) is 0 Å². The summed E-state index contributed by atoms with van der Waals surface area (Å²) in [6.45, 7) is 5.20. The number of imidazole rings is 1. The number of aromatic nitrogens is 4. The Balaban J connectivity index is 1.69. The minimum atomic E-state index is -3.84. The molecule has 3 N–H and O–H groups in total. The highest BCUT2D eigenvalue weighted by atomic mass is 32.2. The maximum Gasteiger partial charge on any atom is 0.329 e. The minimum Gasteiger partial charge on any atom is -0.339 e. The molecular formula is C21H22N6O5S. The molecule has 2 heterocycles. The number of hydrogen-bond acceptors (Lipinski definition) is 7. The molecule has 2 aromatic heterocycles. The Morgan fingerprint density at radius 1 is 1.15 bits per heavy atom. The number of hydrogen-bond donors (Lipinski definition) is 2. The van der Waals surface area contributed by atoms with Crippen molar-refractivity contribution in [3.05, 3.63) is 58.8 Å². The van der Waals surface area contributed by atoms with Crippen LogP contribution in [0.2, 0.25) is 0 Å². The van der Waals surface area contributed by atoms with Crippen LogP contribution in [-0.2, 0) is 21.4 Å². The Labute approximate surface area is 188 Å². The third-order valence-corrected chi connectivity index (χ3v) is 5.96. The van der Waals surface area contributed by atoms with E-state index in [4.69, 9.17) is 9.66 Å². The average Bonchev–Trinajstić information content (AvgIpc) is 3.29. The third-order valence-electron chi connectivity index (χ3n) is 5.03. The van der Waals surface area contributed by atoms with Gasteiger partial charge in [0, 0.05) is 24.2 Å². The second-order valence-corrected chi connectivity index (χ2v) is 9.35. The van der Waals surface area contributed by atoms with Gasteiger partial charge in [0.05, 0.1) is 15.9 Å². The van der Waals surface area contributed by atoms with Gasteiger partial charge < -0.3 is 9.84 Å². The molecule has 0 aliphatic carbocycles. The lowest BCUT2D eigenvalue weighted by atomic mass is 10.2. The van der Waals surface area contributed by atoms with Gasteiger partial charge in [0.1, 0.15) is 6.54 Å². The summed E-state index contributed by atoms with van der Waals surface area (Å²) in [6.07, 6.45) is 0. The highest BCUT2D eigenvalue weighted by molar-refractivity contribution is 7.89. The fraction of sp³-hybridized carbons (Fsp3) is 0.238. The van der Waals surface area contributed by atoms with E-state index < -0.39 is 15.9 Å². The van der Waals surface area contributed by atoms with Crippen molar-refractivity contribution in [2.45, 2.75) is 38.3 Å². The van der Waals surface area contributed by atoms with Crippen molar-refractivity contribution in [1.29, 1.82) is 0 Å². The van der Waals surface area contributed by atoms with E-state index in [1.54, 1.807) is 29.7 Å². The molecule has 12 heteroatoms. The summed E-state index contributed by atoms with van der Waals surface area (Å²) in [6, 6.07) is 10.6. The molecule has 0 fully saturated rings. The number of amides is 1. The van der Waals surface area contributed by atoms with E-state index in [9.17, 15) is 18.0 Å². The van der Waals surface area contributed by atoms with Crippen LogP contribution >= 0.6 is 0 Å². The van der Waals surface area contributed by atoms with E-state index in [-0.39, 0.29) is 23.2 Å². The normalized spacial score (nSPS) is 11.9. The second-order valence-electron chi connectivity index (χ2n) is 7.79. The lowest BCUT2D eigenvalue weighted by Gasteiger charge is -2.07. The van der Waals surface area contributed by atoms with Gasteiger partial charge in [-0.25, -0.2) is 18.4 Å². The summed E-state index contributed by atoms with van der Waals surface area (Å²) in [5, 5.41) is 11.7. The number of primary sulfonamides is 1. The molecule has 0 saturated heterocycles. The minimum absolute atomic E-state index is 0.0686. The Morgan fingerprint density at radius 2 is 1.85 bits per heavy atom. The Morgan fingerprint density at radius 3 is 2.42 bits per heavy atom. The van der Waals surface area contributed by atoms with Gasteiger partial charge in [0.2, 0.25) is 27.6 Å². The number of benzene rings is 2. The lowest BCUT2D eigenvalue weighted by molar-refractivity contribution is -0.116. The van der Waals surface area contributed by atoms with Crippen molar-refractivity contribution in [1.82, 2.24) is 19.3 Å². The topological polar surface area (TPSA) is 155 Å². The number of fused-ring (bicyclic) bond motifs is 1. The molecule has 0 aliphatic rings. The van der Waals surface area contributed by atoms with Crippen molar-refractivity contribution < 1.29 is 17.7 Å². The molecule has 1 amide bonds. The molecule has 4 rings (SSSR count). The predicted molar refractivity (Wildman–Crippen MR) is 121 cm³/mol. The zero-order valence-electron chi connectivity index (χ0n) is 18.1. The summed E-state index contributed by atoms with van der Waals surface area (Å²) in [7, 11) is -3.84. The standard InChI is InChI=1S/C21H22N6O5S/c1-12(2)27-17-9-4-14(20-23-13(3)32-25-20)10-18(17)26(21(27)29)11-19(28)24-15-5-7-16(8-6-15)33(22,30)31/h4-10,12H,11H2,1-3H3,(H,24,28)(H2,22,30,31). The van der Waals surface area contributed by atoms with Crippen molar-refractivity contribution in [3.63, 3.8) is 0 Å². The zero-order chi connectivity index (χ0) is 23.9. The smallest absolute Gasteiger partial charge is 0.329 e. The number of nitrogens with one attached hydrogen (secondary N) is 1. The fourth-order valence-corrected chi connectivity index (χ4v) is 4.07. The van der Waals surface area contributed by atoms with Crippen molar-refractivity contribution in [2.75, 3.05) is 5.32 Å². The van der Waals surface area contributed by atoms with Crippen LogP contribution in [0.15, 0.2) is 56.7 Å². The summed E-state index contributed by atoms with van der Waals surface area (Å²) >= 11 is 0. The van der Waals surface area contributed by atoms with Gasteiger partial charge in [0.15, 0.2) is 0 Å². The molecule has 0 unspecified atom stereocenters. The molecule has 0 radical (unpaired) electrons. The van der Waals surface area contributed by atoms with E-state index in [1.165, 1.54) is 28.8 Å². The van der Waals surface area contributed by atoms with E-state index in [1.807, 2.05) is 13.8 Å². The summed E-state index contributed by atoms with van der Waals surface area (Å²) in [5.41, 5.74) is 1.91. The molecule has 0 aliphatic heterocycles. The SMILES string of the molecule is Cc1nc(-c2ccc3c(c2)n(CC(=O)Nc2ccc(S(N)(=O)=O)cc2)c(=O)n3C(C)C)no1. The highest BCUT2D eigenvalue weighted by Crippen LogP contribution is 2.24. The van der Waals surface area contributed by atoms with Crippen LogP contribution < -0.4 is 16.1 Å². The highest BCUT2D eigenvalue weighted by Gasteiger charge is 2.19. The molecule has 0 bridgehead atoms. The Bertz CT molecular complexity index is 1510. The monoisotopic (exact) mass is 470 g/mol. The first kappa shape index (κ1) is 22.4. The second kappa shape index (κ2) is 8.30. The first-order valence-corrected chi connectivity index (χ1v) is 11.6. The van der Waals surface area contributed by atoms with Gasteiger partial charge >= 0.3 is 5.69 Å². The summed E-state index contributed by atoms with van der Waals surface area (Å²) < 4.78 is 30.8. The van der Waals surface area contributed by atoms with Crippen LogP contribution in [0.4, 0.5) is 5.69 Å². The van der Waals surface area contributed by atoms with Gasteiger partial charge in [-0.2, -0.15) is 4.98 Å². The summed E-state index contributed by atoms with van der Waals surface area (Å²) in [5.74, 6) is 0.337. The lowest BCUT2D eigenvalue weighted by Crippen LogP contribution is -2.30. The number of aryl methyl sites for hydroxylation is 1. The number of anilines is 1. The van der Waals surface area contributed by atoms with Crippen LogP contribution in [0.25, 0.3) is 22.4 Å². The van der Waals surface area contributed by atoms with Crippen molar-refractivity contribution in [3.8, 4) is 11.4 Å². The van der Waals surface area contributed by atoms with Gasteiger partial charge in [-0.15, -0.1) is 0 Å². The van der Waals surface area contributed by atoms with Crippen LogP contribution in [-0.4, -0.2) is 33.6 Å². The van der Waals surface area contributed by atoms with Gasteiger partial charge in [-0.3, -0.25) is 13.9 Å². The molecule has 172 valence electrons. The van der Waals surface area contributed by atoms with E-state index >= 15 is 0 Å². The molecule has 0 saturated carbocycles. The number of nitrogens with zero attached hydrogens (tertiary/aromatic N) is 4. The van der Waals surface area contributed by atoms with E-state index in [0.29, 0.717) is 34.0 Å². The van der Waals surface area contributed by atoms with Crippen LogP contribution in [0.1, 0.15) is 25.8 Å². The molecule has 33 heavy (non-hydrogen) atoms. The first-order valence-electron chi connectivity index (χ1n) is 10.0. The maximum absolute atomic E-state index is 13.1. The Hall–Kier alpha value is -3.77. The molecular weight excluding hydrogens is 448 g/mol. The van der Waals surface area contributed by atoms with Gasteiger partial charge in [0.25, 0.3) is 0 Å². The molecule has 11 nitrogen and oxygen atoms in total. The largest absolute Gasteiger partial charge is 0.339 e. The number of carbonyl (C=O) groups is 1. The summed E-state index contributed by atoms with van der Waals surface area (Å²) in [4.78, 5) is 30.0. The molecule has 4 aromatic rings. The first-order chi connectivity index (χ1) is 15.5. The maximum atomic E-state index is 13.1. The number of nitrogens with two attached hydrogens (primary N) is 1. The van der Waals surface area contributed by atoms with Gasteiger partial charge in [-0.1, -0.05) is 5.16 Å². The molecule has 2 aromatic carbocycles. The van der Waals surface area contributed by atoms with Crippen molar-refractivity contribution in [2.24, 2.45) is 5.14 Å². The van der Waals surface area contributed by atoms with E-state index in [2.05, 4.69) is 15.5 Å². The van der Waals surface area contributed by atoms with Crippen molar-refractivity contribution >= 4 is 32.7 Å². The molecule has 0 atom stereocenters. The number of rotatable bonds is 6. The number of sulfonamides is 1. The van der Waals surface area contributed by atoms with Crippen LogP contribution in [0, 0.1) is 6.92 Å².